The average molecular weight is 672 g/mol. The number of carbonyl (C=O) groups is 5. The van der Waals surface area contributed by atoms with Crippen molar-refractivity contribution < 1.29 is 28.4 Å². The van der Waals surface area contributed by atoms with Crippen molar-refractivity contribution in [3.63, 3.8) is 0 Å². The summed E-state index contributed by atoms with van der Waals surface area (Å²) in [6.45, 7) is 7.86. The summed E-state index contributed by atoms with van der Waals surface area (Å²) in [5, 5.41) is 11.2. The van der Waals surface area contributed by atoms with Crippen LogP contribution in [0.5, 0.6) is 0 Å². The molecule has 49 heavy (non-hydrogen) atoms. The minimum absolute atomic E-state index is 0.000365. The Bertz CT molecular complexity index is 1610. The summed E-state index contributed by atoms with van der Waals surface area (Å²) in [5.41, 5.74) is 2.37. The summed E-state index contributed by atoms with van der Waals surface area (Å²) in [6.07, 6.45) is 1.55. The second-order valence-corrected chi connectivity index (χ2v) is 13.0. The van der Waals surface area contributed by atoms with Gasteiger partial charge in [-0.1, -0.05) is 68.4 Å². The Kier molecular flexibility index (Phi) is 13.0. The molecule has 3 atom stereocenters. The number of halogens is 1. The van der Waals surface area contributed by atoms with Gasteiger partial charge in [0.2, 0.25) is 17.7 Å². The Morgan fingerprint density at radius 1 is 0.837 bits per heavy atom. The number of hydrogen-bond acceptors (Lipinski definition) is 5. The number of nitrogens with one attached hydrogen (secondary N) is 4. The van der Waals surface area contributed by atoms with E-state index in [-0.39, 0.29) is 24.4 Å². The van der Waals surface area contributed by atoms with E-state index in [9.17, 15) is 28.4 Å². The fourth-order valence-electron chi connectivity index (χ4n) is 5.74. The maximum absolute atomic E-state index is 14.8. The molecule has 0 radical (unpaired) electrons. The lowest BCUT2D eigenvalue weighted by atomic mass is 10.0. The topological polar surface area (TPSA) is 137 Å². The largest absolute Gasteiger partial charge is 0.354 e. The monoisotopic (exact) mass is 671 g/mol. The van der Waals surface area contributed by atoms with Crippen LogP contribution >= 0.6 is 0 Å². The second kappa shape index (κ2) is 17.4. The van der Waals surface area contributed by atoms with Gasteiger partial charge in [-0.05, 0) is 73.9 Å². The average Bonchev–Trinajstić information content (AvgIpc) is 3.06. The summed E-state index contributed by atoms with van der Waals surface area (Å²) in [6, 6.07) is 17.6. The predicted molar refractivity (Wildman–Crippen MR) is 185 cm³/mol. The lowest BCUT2D eigenvalue weighted by Gasteiger charge is -2.25. The second-order valence-electron chi connectivity index (χ2n) is 13.0. The zero-order chi connectivity index (χ0) is 35.5. The molecule has 10 nitrogen and oxygen atoms in total. The molecule has 11 heteroatoms. The molecule has 0 unspecified atom stereocenters. The van der Waals surface area contributed by atoms with Crippen LogP contribution in [0.1, 0.15) is 77.4 Å². The van der Waals surface area contributed by atoms with E-state index in [1.54, 1.807) is 55.1 Å². The van der Waals surface area contributed by atoms with E-state index < -0.39 is 53.5 Å². The van der Waals surface area contributed by atoms with Crippen molar-refractivity contribution in [1.82, 2.24) is 26.2 Å². The highest BCUT2D eigenvalue weighted by Crippen LogP contribution is 2.19. The number of nitrogens with zero attached hydrogens (tertiary/aromatic N) is 1. The third-order valence-electron chi connectivity index (χ3n) is 8.46. The SMILES string of the molecule is Cc1cccc(F)c1C(=O)N1CCCCNC(=O)[C@@H](C)NC(=O)[C@H](CC(C)C)NC(=O)[C@@H](Cc2ccccc2)NC(=O)c2ccc(cc2)C1. The number of benzene rings is 3. The first-order valence-corrected chi connectivity index (χ1v) is 16.8. The first-order valence-electron chi connectivity index (χ1n) is 16.8. The molecule has 2 aliphatic heterocycles. The molecule has 5 amide bonds. The Hall–Kier alpha value is -5.06. The smallest absolute Gasteiger partial charge is 0.257 e. The van der Waals surface area contributed by atoms with Crippen LogP contribution in [-0.2, 0) is 27.3 Å². The summed E-state index contributed by atoms with van der Waals surface area (Å²) < 4.78 is 14.8. The maximum Gasteiger partial charge on any atom is 0.257 e. The summed E-state index contributed by atoms with van der Waals surface area (Å²) >= 11 is 0. The third kappa shape index (κ3) is 10.5. The normalized spacial score (nSPS) is 20.1. The first kappa shape index (κ1) is 36.8. The van der Waals surface area contributed by atoms with Gasteiger partial charge in [-0.25, -0.2) is 4.39 Å². The summed E-state index contributed by atoms with van der Waals surface area (Å²) in [7, 11) is 0. The zero-order valence-corrected chi connectivity index (χ0v) is 28.6. The van der Waals surface area contributed by atoms with E-state index in [2.05, 4.69) is 21.3 Å². The molecular weight excluding hydrogens is 625 g/mol. The molecular formula is C38H46FN5O5. The van der Waals surface area contributed by atoms with Gasteiger partial charge in [-0.3, -0.25) is 24.0 Å². The highest BCUT2D eigenvalue weighted by Gasteiger charge is 2.30. The van der Waals surface area contributed by atoms with Crippen LogP contribution < -0.4 is 21.3 Å². The number of rotatable bonds is 5. The lowest BCUT2D eigenvalue weighted by Crippen LogP contribution is -2.57. The van der Waals surface area contributed by atoms with E-state index in [0.717, 1.165) is 11.1 Å². The minimum Gasteiger partial charge on any atom is -0.354 e. The molecule has 0 aromatic heterocycles. The predicted octanol–water partition coefficient (Wildman–Crippen LogP) is 4.06. The Labute approximate surface area is 287 Å². The minimum atomic E-state index is -1.01. The molecule has 3 aromatic carbocycles. The van der Waals surface area contributed by atoms with Gasteiger partial charge in [0.25, 0.3) is 11.8 Å². The number of amides is 5. The molecule has 0 saturated heterocycles. The molecule has 0 saturated carbocycles. The number of hydrogen-bond donors (Lipinski definition) is 4. The van der Waals surface area contributed by atoms with Gasteiger partial charge in [0.05, 0.1) is 5.56 Å². The zero-order valence-electron chi connectivity index (χ0n) is 28.6. The standard InChI is InChI=1S/C38H46FN5O5/c1-24(2)21-31-36(47)41-26(4)34(45)40-19-8-9-20-44(38(49)33-25(3)11-10-14-30(33)39)23-28-15-17-29(18-16-28)35(46)42-32(37(48)43-31)22-27-12-6-5-7-13-27/h5-7,10-18,24,26,31-32H,8-9,19-23H2,1-4H3,(H,40,45)(H,41,47)(H,42,46)(H,43,48)/t26-,31+,32-/m1/s1. The number of aryl methyl sites for hydroxylation is 1. The van der Waals surface area contributed by atoms with Crippen LogP contribution in [0.2, 0.25) is 0 Å². The highest BCUT2D eigenvalue weighted by molar-refractivity contribution is 5.99. The molecule has 2 heterocycles. The summed E-state index contributed by atoms with van der Waals surface area (Å²) in [4.78, 5) is 68.7. The first-order chi connectivity index (χ1) is 23.4. The molecule has 2 bridgehead atoms. The van der Waals surface area contributed by atoms with Crippen molar-refractivity contribution in [2.24, 2.45) is 5.92 Å². The molecule has 0 spiro atoms. The van der Waals surface area contributed by atoms with E-state index in [1.807, 2.05) is 44.2 Å². The van der Waals surface area contributed by atoms with Gasteiger partial charge >= 0.3 is 0 Å². The van der Waals surface area contributed by atoms with Gasteiger partial charge in [-0.15, -0.1) is 0 Å². The van der Waals surface area contributed by atoms with Crippen molar-refractivity contribution in [1.29, 1.82) is 0 Å². The number of fused-ring (bicyclic) bond motifs is 18. The van der Waals surface area contributed by atoms with Crippen LogP contribution in [0.4, 0.5) is 4.39 Å². The number of carbonyl (C=O) groups excluding carboxylic acids is 5. The lowest BCUT2D eigenvalue weighted by molar-refractivity contribution is -0.132. The van der Waals surface area contributed by atoms with Gasteiger partial charge in [0.1, 0.15) is 23.9 Å². The van der Waals surface area contributed by atoms with E-state index in [1.165, 1.54) is 6.07 Å². The Morgan fingerprint density at radius 2 is 1.53 bits per heavy atom. The molecule has 2 aliphatic rings. The van der Waals surface area contributed by atoms with Crippen LogP contribution in [-0.4, -0.2) is 65.7 Å². The maximum atomic E-state index is 14.8. The molecule has 260 valence electrons. The quantitative estimate of drug-likeness (QED) is 0.304. The molecule has 4 N–H and O–H groups in total. The fraction of sp³-hybridized carbons (Fsp3) is 0.395. The van der Waals surface area contributed by atoms with E-state index in [0.29, 0.717) is 43.5 Å². The van der Waals surface area contributed by atoms with Crippen molar-refractivity contribution >= 4 is 29.5 Å². The van der Waals surface area contributed by atoms with Crippen molar-refractivity contribution in [2.75, 3.05) is 13.1 Å². The van der Waals surface area contributed by atoms with E-state index in [4.69, 9.17) is 0 Å². The van der Waals surface area contributed by atoms with Crippen molar-refractivity contribution in [3.8, 4) is 0 Å². The summed E-state index contributed by atoms with van der Waals surface area (Å²) in [5.74, 6) is -2.93. The van der Waals surface area contributed by atoms with Crippen LogP contribution in [0.3, 0.4) is 0 Å². The molecule has 0 fully saturated rings. The molecule has 5 rings (SSSR count). The van der Waals surface area contributed by atoms with Crippen LogP contribution in [0, 0.1) is 18.7 Å². The third-order valence-corrected chi connectivity index (χ3v) is 8.46. The van der Waals surface area contributed by atoms with Crippen molar-refractivity contribution in [2.45, 2.75) is 78.0 Å². The molecule has 3 aromatic rings. The van der Waals surface area contributed by atoms with Crippen molar-refractivity contribution in [3.05, 3.63) is 106 Å². The van der Waals surface area contributed by atoms with Gasteiger partial charge in [0, 0.05) is 31.6 Å². The highest BCUT2D eigenvalue weighted by atomic mass is 19.1. The fourth-order valence-corrected chi connectivity index (χ4v) is 5.74. The van der Waals surface area contributed by atoms with Gasteiger partial charge in [-0.2, -0.15) is 0 Å². The Morgan fingerprint density at radius 3 is 2.20 bits per heavy atom. The Balaban J connectivity index is 1.64. The molecule has 0 aliphatic carbocycles. The van der Waals surface area contributed by atoms with E-state index >= 15 is 0 Å². The van der Waals surface area contributed by atoms with Crippen LogP contribution in [0.15, 0.2) is 72.8 Å². The van der Waals surface area contributed by atoms with Gasteiger partial charge in [0.15, 0.2) is 0 Å². The van der Waals surface area contributed by atoms with Crippen LogP contribution in [0.25, 0.3) is 0 Å². The van der Waals surface area contributed by atoms with Gasteiger partial charge < -0.3 is 26.2 Å².